The van der Waals surface area contributed by atoms with Gasteiger partial charge in [-0.3, -0.25) is 23.9 Å². The Morgan fingerprint density at radius 3 is 2.62 bits per heavy atom. The molecule has 2 fully saturated rings. The topological polar surface area (TPSA) is 132 Å². The van der Waals surface area contributed by atoms with E-state index in [4.69, 9.17) is 11.6 Å². The van der Waals surface area contributed by atoms with Gasteiger partial charge in [-0.15, -0.1) is 0 Å². The quantitative estimate of drug-likeness (QED) is 0.316. The van der Waals surface area contributed by atoms with Crippen LogP contribution in [0.3, 0.4) is 0 Å². The van der Waals surface area contributed by atoms with Crippen molar-refractivity contribution < 1.29 is 19.2 Å². The van der Waals surface area contributed by atoms with E-state index in [1.807, 2.05) is 49.6 Å². The number of aromatic amines is 1. The first kappa shape index (κ1) is 27.8. The van der Waals surface area contributed by atoms with Crippen LogP contribution in [0.15, 0.2) is 48.7 Å². The molecular weight excluding hydrogens is 558 g/mol. The molecular formula is C30H32ClN7O4. The number of aromatic nitrogens is 3. The van der Waals surface area contributed by atoms with Crippen LogP contribution in [0, 0.1) is 17.8 Å². The van der Waals surface area contributed by atoms with Gasteiger partial charge in [0.15, 0.2) is 5.69 Å². The van der Waals surface area contributed by atoms with Gasteiger partial charge < -0.3 is 25.4 Å². The van der Waals surface area contributed by atoms with E-state index < -0.39 is 5.92 Å². The van der Waals surface area contributed by atoms with E-state index in [2.05, 4.69) is 20.7 Å². The van der Waals surface area contributed by atoms with Crippen LogP contribution in [-0.2, 0) is 27.9 Å². The Hall–Kier alpha value is -4.38. The molecule has 4 heterocycles. The Morgan fingerprint density at radius 1 is 1.02 bits per heavy atom. The zero-order valence-corrected chi connectivity index (χ0v) is 24.1. The van der Waals surface area contributed by atoms with Crippen LogP contribution in [0.5, 0.6) is 0 Å². The molecule has 3 N–H and O–H groups in total. The van der Waals surface area contributed by atoms with Crippen LogP contribution in [0.2, 0.25) is 5.02 Å². The lowest BCUT2D eigenvalue weighted by atomic mass is 9.79. The molecule has 3 atom stereocenters. The monoisotopic (exact) mass is 589 g/mol. The standard InChI is InChI=1S/C30H32ClN7O4/c1-32-26(39)12-34-29(41)23-16-37(27(40)9-17-11-33-24-10-19(31)7-8-20(17)24)13-18-14-38(15-22(18)23)30(42)28-21-5-3-4-6-25(21)36(2)35-28/h3-8,10-11,18,22-23,33H,9,12-16H2,1-2H3,(H,32,39)(H,34,41). The lowest BCUT2D eigenvalue weighted by Crippen LogP contribution is -2.54. The largest absolute Gasteiger partial charge is 0.361 e. The van der Waals surface area contributed by atoms with Crippen molar-refractivity contribution in [3.05, 3.63) is 64.9 Å². The van der Waals surface area contributed by atoms with E-state index in [0.29, 0.717) is 30.4 Å². The Bertz CT molecular complexity index is 1710. The fraction of sp³-hybridized carbons (Fsp3) is 0.367. The Kier molecular flexibility index (Phi) is 7.36. The van der Waals surface area contributed by atoms with Gasteiger partial charge in [0.2, 0.25) is 17.7 Å². The lowest BCUT2D eigenvalue weighted by Gasteiger charge is -2.39. The van der Waals surface area contributed by atoms with Gasteiger partial charge in [0.1, 0.15) is 0 Å². The number of likely N-dealkylation sites (tertiary alicyclic amines) is 2. The van der Waals surface area contributed by atoms with Crippen molar-refractivity contribution in [3.8, 4) is 0 Å². The molecule has 42 heavy (non-hydrogen) atoms. The molecule has 2 saturated heterocycles. The highest BCUT2D eigenvalue weighted by molar-refractivity contribution is 6.31. The molecule has 0 saturated carbocycles. The zero-order chi connectivity index (χ0) is 29.5. The van der Waals surface area contributed by atoms with Gasteiger partial charge in [-0.1, -0.05) is 35.9 Å². The highest BCUT2D eigenvalue weighted by Gasteiger charge is 2.48. The van der Waals surface area contributed by atoms with Crippen molar-refractivity contribution in [3.63, 3.8) is 0 Å². The second-order valence-electron chi connectivity index (χ2n) is 11.1. The third kappa shape index (κ3) is 5.09. The summed E-state index contributed by atoms with van der Waals surface area (Å²) < 4.78 is 1.69. The number of halogens is 1. The van der Waals surface area contributed by atoms with Gasteiger partial charge >= 0.3 is 0 Å². The molecule has 4 amide bonds. The van der Waals surface area contributed by atoms with Crippen LogP contribution in [0.1, 0.15) is 16.1 Å². The molecule has 2 aliphatic heterocycles. The third-order valence-corrected chi connectivity index (χ3v) is 8.83. The average molecular weight is 590 g/mol. The number of nitrogens with one attached hydrogen (secondary N) is 3. The Morgan fingerprint density at radius 2 is 1.81 bits per heavy atom. The molecule has 2 aromatic heterocycles. The van der Waals surface area contributed by atoms with E-state index in [0.717, 1.165) is 27.4 Å². The maximum Gasteiger partial charge on any atom is 0.275 e. The Labute approximate surface area is 247 Å². The van der Waals surface area contributed by atoms with Crippen LogP contribution in [-0.4, -0.2) is 88.0 Å². The molecule has 6 rings (SSSR count). The molecule has 2 aromatic carbocycles. The van der Waals surface area contributed by atoms with Crippen molar-refractivity contribution in [1.29, 1.82) is 0 Å². The minimum absolute atomic E-state index is 0.0980. The number of benzene rings is 2. The first-order valence-corrected chi connectivity index (χ1v) is 14.3. The predicted octanol–water partition coefficient (Wildman–Crippen LogP) is 1.96. The number of aryl methyl sites for hydroxylation is 1. The van der Waals surface area contributed by atoms with Gasteiger partial charge in [-0.2, -0.15) is 5.10 Å². The number of fused-ring (bicyclic) bond motifs is 3. The fourth-order valence-electron chi connectivity index (χ4n) is 6.41. The van der Waals surface area contributed by atoms with Crippen molar-refractivity contribution in [2.75, 3.05) is 39.8 Å². The zero-order valence-electron chi connectivity index (χ0n) is 23.4. The number of hydrogen-bond acceptors (Lipinski definition) is 5. The highest BCUT2D eigenvalue weighted by Crippen LogP contribution is 2.37. The molecule has 0 bridgehead atoms. The first-order valence-electron chi connectivity index (χ1n) is 14.0. The summed E-state index contributed by atoms with van der Waals surface area (Å²) in [7, 11) is 3.31. The van der Waals surface area contributed by atoms with Gasteiger partial charge in [-0.05, 0) is 35.6 Å². The van der Waals surface area contributed by atoms with Gasteiger partial charge in [0.25, 0.3) is 5.91 Å². The first-order chi connectivity index (χ1) is 20.2. The van der Waals surface area contributed by atoms with Crippen LogP contribution in [0.25, 0.3) is 21.8 Å². The number of para-hydroxylation sites is 1. The summed E-state index contributed by atoms with van der Waals surface area (Å²) in [5.74, 6) is -1.74. The summed E-state index contributed by atoms with van der Waals surface area (Å²) in [6.07, 6.45) is 1.97. The van der Waals surface area contributed by atoms with Crippen molar-refractivity contribution in [2.24, 2.45) is 24.8 Å². The van der Waals surface area contributed by atoms with Crippen LogP contribution < -0.4 is 10.6 Å². The number of nitrogens with zero attached hydrogens (tertiary/aromatic N) is 4. The highest BCUT2D eigenvalue weighted by atomic mass is 35.5. The van der Waals surface area contributed by atoms with Crippen molar-refractivity contribution >= 4 is 57.0 Å². The van der Waals surface area contributed by atoms with Crippen LogP contribution >= 0.6 is 11.6 Å². The fourth-order valence-corrected chi connectivity index (χ4v) is 6.58. The molecule has 4 aromatic rings. The second kappa shape index (κ2) is 11.1. The van der Waals surface area contributed by atoms with Crippen LogP contribution in [0.4, 0.5) is 0 Å². The number of likely N-dealkylation sites (N-methyl/N-ethyl adjacent to an activating group) is 1. The summed E-state index contributed by atoms with van der Waals surface area (Å²) >= 11 is 6.12. The number of hydrogen-bond donors (Lipinski definition) is 3. The summed E-state index contributed by atoms with van der Waals surface area (Å²) in [6, 6.07) is 13.1. The van der Waals surface area contributed by atoms with E-state index in [9.17, 15) is 19.2 Å². The number of carbonyl (C=O) groups excluding carboxylic acids is 4. The molecule has 12 heteroatoms. The minimum Gasteiger partial charge on any atom is -0.361 e. The number of piperidine rings is 1. The number of carbonyl (C=O) groups is 4. The van der Waals surface area contributed by atoms with E-state index in [1.54, 1.807) is 20.5 Å². The van der Waals surface area contributed by atoms with Crippen molar-refractivity contribution in [2.45, 2.75) is 6.42 Å². The van der Waals surface area contributed by atoms with E-state index in [1.165, 1.54) is 7.05 Å². The molecule has 3 unspecified atom stereocenters. The maximum absolute atomic E-state index is 13.7. The predicted molar refractivity (Wildman–Crippen MR) is 158 cm³/mol. The number of rotatable bonds is 6. The smallest absolute Gasteiger partial charge is 0.275 e. The molecule has 2 aliphatic rings. The lowest BCUT2D eigenvalue weighted by molar-refractivity contribution is -0.139. The average Bonchev–Trinajstić information content (AvgIpc) is 3.70. The molecule has 0 aliphatic carbocycles. The van der Waals surface area contributed by atoms with Gasteiger partial charge in [0, 0.05) is 67.8 Å². The molecule has 218 valence electrons. The van der Waals surface area contributed by atoms with Gasteiger partial charge in [0.05, 0.1) is 24.4 Å². The Balaban J connectivity index is 1.24. The SMILES string of the molecule is CNC(=O)CNC(=O)C1CN(C(=O)Cc2c[nH]c3cc(Cl)ccc23)CC2CN(C(=O)c3nn(C)c4ccccc34)CC21. The number of amides is 4. The molecule has 0 spiro atoms. The normalized spacial score (nSPS) is 20.1. The number of H-pyrrole nitrogens is 1. The summed E-state index contributed by atoms with van der Waals surface area (Å²) in [5.41, 5.74) is 2.93. The minimum atomic E-state index is -0.572. The van der Waals surface area contributed by atoms with Gasteiger partial charge in [-0.25, -0.2) is 0 Å². The molecule has 11 nitrogen and oxygen atoms in total. The van der Waals surface area contributed by atoms with Crippen molar-refractivity contribution in [1.82, 2.24) is 35.2 Å². The summed E-state index contributed by atoms with van der Waals surface area (Å²) in [4.78, 5) is 59.3. The van der Waals surface area contributed by atoms with E-state index >= 15 is 0 Å². The second-order valence-corrected chi connectivity index (χ2v) is 11.5. The maximum atomic E-state index is 13.7. The van der Waals surface area contributed by atoms with E-state index in [-0.39, 0.29) is 55.0 Å². The summed E-state index contributed by atoms with van der Waals surface area (Å²) in [5, 5.41) is 12.0. The third-order valence-electron chi connectivity index (χ3n) is 8.59. The summed E-state index contributed by atoms with van der Waals surface area (Å²) in [6.45, 7) is 1.27. The molecule has 0 radical (unpaired) electrons.